The van der Waals surface area contributed by atoms with E-state index in [1.54, 1.807) is 47.6 Å². The fourth-order valence-corrected chi connectivity index (χ4v) is 5.03. The standard InChI is InChI=1S/C30H24F2N4O2/c1-35-25(30(37)36-14-16-38-17-15-36)18-24-29(35)27(19-2-6-22(31)7-3-19)26(20-10-12-33-13-11-20)28(34-24)21-4-8-23(32)9-5-21/h2-13,18H,14-17H2,1H3. The Morgan fingerprint density at radius 2 is 1.39 bits per heavy atom. The van der Waals surface area contributed by atoms with Crippen molar-refractivity contribution in [2.45, 2.75) is 0 Å². The summed E-state index contributed by atoms with van der Waals surface area (Å²) in [6.07, 6.45) is 3.39. The lowest BCUT2D eigenvalue weighted by atomic mass is 9.90. The van der Waals surface area contributed by atoms with E-state index in [2.05, 4.69) is 4.98 Å². The van der Waals surface area contributed by atoms with Gasteiger partial charge in [0.05, 0.1) is 29.9 Å². The van der Waals surface area contributed by atoms with Crippen molar-refractivity contribution in [2.24, 2.45) is 7.05 Å². The van der Waals surface area contributed by atoms with Gasteiger partial charge in [-0.15, -0.1) is 0 Å². The Hall–Kier alpha value is -4.43. The molecule has 2 aromatic carbocycles. The van der Waals surface area contributed by atoms with E-state index in [1.165, 1.54) is 24.3 Å². The van der Waals surface area contributed by atoms with Gasteiger partial charge in [-0.1, -0.05) is 12.1 Å². The predicted molar refractivity (Wildman–Crippen MR) is 141 cm³/mol. The molecule has 0 radical (unpaired) electrons. The molecule has 0 bridgehead atoms. The minimum Gasteiger partial charge on any atom is -0.378 e. The summed E-state index contributed by atoms with van der Waals surface area (Å²) in [5.41, 5.74) is 6.37. The van der Waals surface area contributed by atoms with Gasteiger partial charge in [-0.05, 0) is 65.7 Å². The van der Waals surface area contributed by atoms with Crippen molar-refractivity contribution in [2.75, 3.05) is 26.3 Å². The lowest BCUT2D eigenvalue weighted by Gasteiger charge is -2.27. The predicted octanol–water partition coefficient (Wildman–Crippen LogP) is 5.72. The highest BCUT2D eigenvalue weighted by molar-refractivity contribution is 6.08. The van der Waals surface area contributed by atoms with Crippen LogP contribution in [0.3, 0.4) is 0 Å². The van der Waals surface area contributed by atoms with Gasteiger partial charge in [0, 0.05) is 49.2 Å². The van der Waals surface area contributed by atoms with Gasteiger partial charge in [0.25, 0.3) is 5.91 Å². The van der Waals surface area contributed by atoms with Crippen molar-refractivity contribution in [3.8, 4) is 33.5 Å². The molecule has 0 atom stereocenters. The van der Waals surface area contributed by atoms with Gasteiger partial charge in [0.2, 0.25) is 0 Å². The number of fused-ring (bicyclic) bond motifs is 1. The maximum Gasteiger partial charge on any atom is 0.270 e. The summed E-state index contributed by atoms with van der Waals surface area (Å²) in [4.78, 5) is 24.5. The van der Waals surface area contributed by atoms with Crippen LogP contribution in [-0.4, -0.2) is 51.6 Å². The minimum absolute atomic E-state index is 0.104. The number of amides is 1. The first-order valence-corrected chi connectivity index (χ1v) is 12.3. The topological polar surface area (TPSA) is 60.2 Å². The number of aromatic nitrogens is 3. The Labute approximate surface area is 218 Å². The summed E-state index contributed by atoms with van der Waals surface area (Å²) < 4.78 is 35.1. The van der Waals surface area contributed by atoms with E-state index < -0.39 is 0 Å². The maximum absolute atomic E-state index is 14.0. The number of aryl methyl sites for hydroxylation is 1. The second-order valence-electron chi connectivity index (χ2n) is 9.19. The first kappa shape index (κ1) is 23.9. The van der Waals surface area contributed by atoms with Crippen LogP contribution in [0, 0.1) is 11.6 Å². The van der Waals surface area contributed by atoms with Crippen molar-refractivity contribution in [1.29, 1.82) is 0 Å². The molecule has 3 aromatic heterocycles. The van der Waals surface area contributed by atoms with E-state index in [0.717, 1.165) is 27.8 Å². The lowest BCUT2D eigenvalue weighted by Crippen LogP contribution is -2.41. The van der Waals surface area contributed by atoms with E-state index in [1.807, 2.05) is 23.7 Å². The van der Waals surface area contributed by atoms with E-state index in [-0.39, 0.29) is 17.5 Å². The number of hydrogen-bond donors (Lipinski definition) is 0. The van der Waals surface area contributed by atoms with Gasteiger partial charge in [0.15, 0.2) is 0 Å². The van der Waals surface area contributed by atoms with Gasteiger partial charge in [-0.3, -0.25) is 9.78 Å². The zero-order valence-electron chi connectivity index (χ0n) is 20.7. The van der Waals surface area contributed by atoms with Crippen LogP contribution in [0.15, 0.2) is 79.1 Å². The Morgan fingerprint density at radius 1 is 0.816 bits per heavy atom. The van der Waals surface area contributed by atoms with Crippen molar-refractivity contribution < 1.29 is 18.3 Å². The molecular weight excluding hydrogens is 486 g/mol. The molecule has 8 heteroatoms. The van der Waals surface area contributed by atoms with Crippen molar-refractivity contribution in [3.63, 3.8) is 0 Å². The molecule has 0 saturated carbocycles. The second kappa shape index (κ2) is 9.79. The van der Waals surface area contributed by atoms with Gasteiger partial charge in [-0.25, -0.2) is 13.8 Å². The lowest BCUT2D eigenvalue weighted by molar-refractivity contribution is 0.0297. The largest absolute Gasteiger partial charge is 0.378 e. The van der Waals surface area contributed by atoms with E-state index >= 15 is 0 Å². The average Bonchev–Trinajstić information content (AvgIpc) is 3.29. The summed E-state index contributed by atoms with van der Waals surface area (Å²) in [5, 5.41) is 0. The Balaban J connectivity index is 1.70. The fourth-order valence-electron chi connectivity index (χ4n) is 5.03. The van der Waals surface area contributed by atoms with Crippen LogP contribution in [0.2, 0.25) is 0 Å². The minimum atomic E-state index is -0.350. The summed E-state index contributed by atoms with van der Waals surface area (Å²) in [6.45, 7) is 2.02. The van der Waals surface area contributed by atoms with Crippen LogP contribution < -0.4 is 0 Å². The summed E-state index contributed by atoms with van der Waals surface area (Å²) in [7, 11) is 1.85. The number of carbonyl (C=O) groups is 1. The molecule has 190 valence electrons. The number of benzene rings is 2. The highest BCUT2D eigenvalue weighted by atomic mass is 19.1. The number of rotatable bonds is 4. The second-order valence-corrected chi connectivity index (χ2v) is 9.19. The first-order valence-electron chi connectivity index (χ1n) is 12.3. The number of halogens is 2. The molecule has 1 fully saturated rings. The number of morpholine rings is 1. The van der Waals surface area contributed by atoms with Crippen LogP contribution in [0.4, 0.5) is 8.78 Å². The number of hydrogen-bond acceptors (Lipinski definition) is 4. The molecular formula is C30H24F2N4O2. The molecule has 1 saturated heterocycles. The molecule has 0 aliphatic carbocycles. The van der Waals surface area contributed by atoms with Crippen molar-refractivity contribution in [1.82, 2.24) is 19.4 Å². The van der Waals surface area contributed by atoms with Crippen LogP contribution in [0.1, 0.15) is 10.5 Å². The van der Waals surface area contributed by atoms with E-state index in [9.17, 15) is 13.6 Å². The summed E-state index contributed by atoms with van der Waals surface area (Å²) >= 11 is 0. The van der Waals surface area contributed by atoms with Gasteiger partial charge < -0.3 is 14.2 Å². The Kier molecular flexibility index (Phi) is 6.17. The highest BCUT2D eigenvalue weighted by Crippen LogP contribution is 2.44. The van der Waals surface area contributed by atoms with Gasteiger partial charge in [0.1, 0.15) is 17.3 Å². The summed E-state index contributed by atoms with van der Waals surface area (Å²) in [5.74, 6) is -0.803. The first-order chi connectivity index (χ1) is 18.5. The molecule has 1 aliphatic rings. The van der Waals surface area contributed by atoms with Crippen LogP contribution >= 0.6 is 0 Å². The zero-order valence-corrected chi connectivity index (χ0v) is 20.7. The van der Waals surface area contributed by atoms with Gasteiger partial charge >= 0.3 is 0 Å². The third kappa shape index (κ3) is 4.22. The van der Waals surface area contributed by atoms with E-state index in [0.29, 0.717) is 48.8 Å². The third-order valence-corrected chi connectivity index (χ3v) is 6.91. The number of carbonyl (C=O) groups excluding carboxylic acids is 1. The molecule has 1 aliphatic heterocycles. The third-order valence-electron chi connectivity index (χ3n) is 6.91. The molecule has 0 spiro atoms. The highest BCUT2D eigenvalue weighted by Gasteiger charge is 2.27. The molecule has 1 amide bonds. The zero-order chi connectivity index (χ0) is 26.2. The van der Waals surface area contributed by atoms with Crippen LogP contribution in [0.5, 0.6) is 0 Å². The fraction of sp³-hybridized carbons (Fsp3) is 0.167. The van der Waals surface area contributed by atoms with Gasteiger partial charge in [-0.2, -0.15) is 0 Å². The summed E-state index contributed by atoms with van der Waals surface area (Å²) in [6, 6.07) is 18.0. The number of pyridine rings is 2. The van der Waals surface area contributed by atoms with E-state index in [4.69, 9.17) is 9.72 Å². The molecule has 6 nitrogen and oxygen atoms in total. The van der Waals surface area contributed by atoms with Crippen LogP contribution in [0.25, 0.3) is 44.5 Å². The average molecular weight is 511 g/mol. The monoisotopic (exact) mass is 510 g/mol. The molecule has 0 unspecified atom stereocenters. The molecule has 38 heavy (non-hydrogen) atoms. The van der Waals surface area contributed by atoms with Crippen LogP contribution in [-0.2, 0) is 11.8 Å². The normalized spacial score (nSPS) is 13.7. The van der Waals surface area contributed by atoms with Crippen molar-refractivity contribution in [3.05, 3.63) is 96.5 Å². The molecule has 5 aromatic rings. The molecule has 4 heterocycles. The maximum atomic E-state index is 14.0. The number of nitrogens with zero attached hydrogens (tertiary/aromatic N) is 4. The smallest absolute Gasteiger partial charge is 0.270 e. The number of ether oxygens (including phenoxy) is 1. The quantitative estimate of drug-likeness (QED) is 0.310. The SMILES string of the molecule is Cn1c(C(=O)N2CCOCC2)cc2nc(-c3ccc(F)cc3)c(-c3ccncc3)c(-c3ccc(F)cc3)c21. The molecule has 0 N–H and O–H groups in total. The Morgan fingerprint density at radius 3 is 2.03 bits per heavy atom. The van der Waals surface area contributed by atoms with Crippen molar-refractivity contribution >= 4 is 16.9 Å². The Bertz CT molecular complexity index is 1630. The molecule has 6 rings (SSSR count).